The number of para-hydroxylation sites is 1. The zero-order valence-electron chi connectivity index (χ0n) is 13.6. The summed E-state index contributed by atoms with van der Waals surface area (Å²) in [6.07, 6.45) is 4.08. The number of hydrogen-bond donors (Lipinski definition) is 2. The van der Waals surface area contributed by atoms with Crippen LogP contribution in [-0.4, -0.2) is 37.9 Å². The van der Waals surface area contributed by atoms with Crippen LogP contribution in [0.2, 0.25) is 0 Å². The molecule has 6 heteroatoms. The number of nitrogens with zero attached hydrogens (tertiary/aromatic N) is 1. The summed E-state index contributed by atoms with van der Waals surface area (Å²) in [4.78, 5) is 13.7. The van der Waals surface area contributed by atoms with Crippen molar-refractivity contribution >= 4 is 26.8 Å². The molecule has 1 aliphatic heterocycles. The van der Waals surface area contributed by atoms with Gasteiger partial charge in [0.2, 0.25) is 0 Å². The van der Waals surface area contributed by atoms with Crippen molar-refractivity contribution in [1.29, 1.82) is 0 Å². The summed E-state index contributed by atoms with van der Waals surface area (Å²) in [5, 5.41) is 6.22. The monoisotopic (exact) mass is 446 g/mol. The molecule has 4 nitrogen and oxygen atoms in total. The van der Waals surface area contributed by atoms with Gasteiger partial charge in [0.1, 0.15) is 0 Å². The third-order valence-corrected chi connectivity index (χ3v) is 6.66. The van der Waals surface area contributed by atoms with E-state index >= 15 is 0 Å². The molecule has 1 fully saturated rings. The van der Waals surface area contributed by atoms with Crippen molar-refractivity contribution in [3.05, 3.63) is 29.8 Å². The number of thiocarbonyl (C=S) groups is 1. The van der Waals surface area contributed by atoms with Crippen molar-refractivity contribution in [2.24, 2.45) is 0 Å². The molecule has 0 aliphatic carbocycles. The minimum atomic E-state index is -0.135. The molecule has 1 amide bonds. The van der Waals surface area contributed by atoms with E-state index in [0.29, 0.717) is 6.54 Å². The number of carbonyl (C=O) groups excluding carboxylic acids is 1. The van der Waals surface area contributed by atoms with Crippen LogP contribution in [0.5, 0.6) is 0 Å². The molecule has 23 heavy (non-hydrogen) atoms. The van der Waals surface area contributed by atoms with Crippen LogP contribution in [0.4, 0.5) is 5.69 Å². The summed E-state index contributed by atoms with van der Waals surface area (Å²) in [6, 6.07) is 8.02. The maximum atomic E-state index is 11.1. The summed E-state index contributed by atoms with van der Waals surface area (Å²) in [5.74, 6) is -0.0173. The molecule has 0 bridgehead atoms. The van der Waals surface area contributed by atoms with Crippen LogP contribution in [0.25, 0.3) is 0 Å². The number of amides is 1. The molecule has 128 valence electrons. The van der Waals surface area contributed by atoms with Crippen molar-refractivity contribution in [2.45, 2.75) is 32.7 Å². The van der Waals surface area contributed by atoms with E-state index in [2.05, 4.69) is 15.5 Å². The third-order valence-electron chi connectivity index (χ3n) is 3.84. The Morgan fingerprint density at radius 2 is 2.00 bits per heavy atom. The quantitative estimate of drug-likeness (QED) is 0.197. The first kappa shape index (κ1) is 18.6. The summed E-state index contributed by atoms with van der Waals surface area (Å²) < 4.78 is 2.19. The fourth-order valence-electron chi connectivity index (χ4n) is 2.59. The van der Waals surface area contributed by atoms with Crippen LogP contribution in [0, 0.1) is 0 Å². The topological polar surface area (TPSA) is 44.4 Å². The average Bonchev–Trinajstić information content (AvgIpc) is 2.55. The molecule has 1 aromatic carbocycles. The van der Waals surface area contributed by atoms with E-state index in [-0.39, 0.29) is 27.1 Å². The predicted octanol–water partition coefficient (Wildman–Crippen LogP) is -0.406. The van der Waals surface area contributed by atoms with Gasteiger partial charge in [-0.3, -0.25) is 0 Å². The van der Waals surface area contributed by atoms with Crippen molar-refractivity contribution in [2.75, 3.05) is 29.4 Å². The molecular formula is C17H25IN3OS-. The number of piperidine rings is 1. The number of benzene rings is 1. The Hall–Kier alpha value is -0.730. The van der Waals surface area contributed by atoms with Crippen LogP contribution in [0.1, 0.15) is 31.7 Å². The van der Waals surface area contributed by atoms with Gasteiger partial charge in [0.15, 0.2) is 0 Å². The molecular weight excluding hydrogens is 421 g/mol. The number of halogens is 1. The predicted molar refractivity (Wildman–Crippen MR) is 95.3 cm³/mol. The van der Waals surface area contributed by atoms with Gasteiger partial charge in [-0.05, 0) is 0 Å². The Kier molecular flexibility index (Phi) is 8.25. The molecule has 0 radical (unpaired) electrons. The molecule has 1 aliphatic rings. The van der Waals surface area contributed by atoms with E-state index in [1.54, 1.807) is 0 Å². The van der Waals surface area contributed by atoms with E-state index in [1.807, 2.05) is 24.3 Å². The first-order valence-electron chi connectivity index (χ1n) is 8.10. The van der Waals surface area contributed by atoms with E-state index in [0.717, 1.165) is 14.2 Å². The first-order valence-corrected chi connectivity index (χ1v) is 11.1. The zero-order valence-corrected chi connectivity index (χ0v) is 16.6. The van der Waals surface area contributed by atoms with Crippen molar-refractivity contribution in [3.63, 3.8) is 0 Å². The number of alkyl halides is 1. The Balaban J connectivity index is 1.76. The molecule has 1 saturated heterocycles. The van der Waals surface area contributed by atoms with E-state index < -0.39 is 0 Å². The Labute approximate surface area is 154 Å². The molecule has 0 unspecified atom stereocenters. The summed E-state index contributed by atoms with van der Waals surface area (Å²) in [7, 11) is 0. The molecule has 2 rings (SSSR count). The second-order valence-electron chi connectivity index (χ2n) is 5.69. The number of likely N-dealkylation sites (tertiary alicyclic amines) is 1. The Morgan fingerprint density at radius 3 is 2.74 bits per heavy atom. The standard InChI is InChI=1S/C17H25IN3OS/c1-14(22)19-13-15-7-3-4-8-16(15)20-17(23)18-9-12-21-10-5-2-6-11-21/h3-4,7-8H,2,5-6,9-13H2,1H3,(H,19,22)(H,20,23)/q-1. The number of anilines is 1. The van der Waals surface area contributed by atoms with Gasteiger partial charge in [-0.25, -0.2) is 0 Å². The molecule has 0 aromatic heterocycles. The minimum absolute atomic E-state index is 0.0173. The number of carbonyl (C=O) groups is 1. The van der Waals surface area contributed by atoms with Gasteiger partial charge in [0.05, 0.1) is 0 Å². The van der Waals surface area contributed by atoms with Crippen molar-refractivity contribution < 1.29 is 26.0 Å². The molecule has 2 N–H and O–H groups in total. The fraction of sp³-hybridized carbons (Fsp3) is 0.529. The molecule has 0 spiro atoms. The van der Waals surface area contributed by atoms with Gasteiger partial charge in [0.25, 0.3) is 0 Å². The second kappa shape index (κ2) is 10.2. The number of rotatable bonds is 7. The van der Waals surface area contributed by atoms with Crippen LogP contribution in [-0.2, 0) is 11.3 Å². The molecule has 1 aromatic rings. The van der Waals surface area contributed by atoms with Crippen molar-refractivity contribution in [3.8, 4) is 0 Å². The van der Waals surface area contributed by atoms with Crippen LogP contribution >= 0.6 is 12.2 Å². The van der Waals surface area contributed by atoms with Gasteiger partial charge in [-0.1, -0.05) is 0 Å². The summed E-state index contributed by atoms with van der Waals surface area (Å²) in [6.45, 7) is 5.76. The Morgan fingerprint density at radius 1 is 1.26 bits per heavy atom. The average molecular weight is 446 g/mol. The Bertz CT molecular complexity index is 532. The van der Waals surface area contributed by atoms with Gasteiger partial charge < -0.3 is 0 Å². The van der Waals surface area contributed by atoms with E-state index in [4.69, 9.17) is 12.2 Å². The van der Waals surface area contributed by atoms with Gasteiger partial charge in [-0.2, -0.15) is 0 Å². The number of nitrogens with one attached hydrogen (secondary N) is 2. The van der Waals surface area contributed by atoms with Gasteiger partial charge >= 0.3 is 155 Å². The second-order valence-corrected chi connectivity index (χ2v) is 9.75. The van der Waals surface area contributed by atoms with E-state index in [9.17, 15) is 4.79 Å². The molecule has 1 heterocycles. The number of hydrogen-bond acceptors (Lipinski definition) is 3. The first-order chi connectivity index (χ1) is 11.1. The van der Waals surface area contributed by atoms with Crippen LogP contribution in [0.3, 0.4) is 0 Å². The van der Waals surface area contributed by atoms with Gasteiger partial charge in [-0.15, -0.1) is 0 Å². The third kappa shape index (κ3) is 7.14. The van der Waals surface area contributed by atoms with Crippen LogP contribution < -0.4 is 31.8 Å². The summed E-state index contributed by atoms with van der Waals surface area (Å²) in [5.41, 5.74) is 2.09. The van der Waals surface area contributed by atoms with Crippen LogP contribution in [0.15, 0.2) is 24.3 Å². The zero-order chi connectivity index (χ0) is 16.5. The maximum absolute atomic E-state index is 11.1. The molecule has 0 atom stereocenters. The molecule has 0 saturated carbocycles. The normalized spacial score (nSPS) is 15.3. The SMILES string of the molecule is CC(=O)NCc1ccccc1NC(=S)[I-]CCN1CCCCC1. The van der Waals surface area contributed by atoms with E-state index in [1.165, 1.54) is 50.2 Å². The van der Waals surface area contributed by atoms with Gasteiger partial charge in [0, 0.05) is 0 Å². The van der Waals surface area contributed by atoms with Crippen molar-refractivity contribution in [1.82, 2.24) is 10.2 Å². The summed E-state index contributed by atoms with van der Waals surface area (Å²) >= 11 is 5.40. The fourth-order valence-corrected chi connectivity index (χ4v) is 5.11.